The maximum absolute atomic E-state index is 12.4. The molecular weight excluding hydrogens is 240 g/mol. The van der Waals surface area contributed by atoms with Crippen molar-refractivity contribution >= 4 is 0 Å². The van der Waals surface area contributed by atoms with Gasteiger partial charge in [0.25, 0.3) is 0 Å². The predicted molar refractivity (Wildman–Crippen MR) is 28.6 cm³/mol. The van der Waals surface area contributed by atoms with Gasteiger partial charge in [-0.1, -0.05) is 0 Å². The molecule has 0 radical (unpaired) electrons. The average Bonchev–Trinajstić information content (AvgIpc) is 2.26. The smallest absolute Gasteiger partial charge is 0.441 e. The second kappa shape index (κ2) is 3.11. The molecule has 0 saturated heterocycles. The van der Waals surface area contributed by atoms with Crippen molar-refractivity contribution in [3.05, 3.63) is 23.2 Å². The molecule has 0 amide bonds. The van der Waals surface area contributed by atoms with Crippen LogP contribution < -0.4 is 0 Å². The van der Waals surface area contributed by atoms with Gasteiger partial charge in [-0.3, -0.25) is 0 Å². The number of halogens is 8. The lowest BCUT2D eigenvalue weighted by Crippen LogP contribution is -2.06. The first-order valence-corrected chi connectivity index (χ1v) is 3.17. The molecule has 9 heteroatoms. The van der Waals surface area contributed by atoms with Crippen molar-refractivity contribution in [3.8, 4) is 0 Å². The van der Waals surface area contributed by atoms with Crippen LogP contribution in [0.4, 0.5) is 35.1 Å². The van der Waals surface area contributed by atoms with Gasteiger partial charge in [-0.25, -0.2) is 0 Å². The quantitative estimate of drug-likeness (QED) is 0.631. The van der Waals surface area contributed by atoms with Crippen molar-refractivity contribution in [1.82, 2.24) is 0 Å². The summed E-state index contributed by atoms with van der Waals surface area (Å²) in [5, 5.41) is 0. The Labute approximate surface area is 76.3 Å². The van der Waals surface area contributed by atoms with Crippen molar-refractivity contribution in [2.75, 3.05) is 0 Å². The molecule has 0 spiro atoms. The Kier molecular flexibility index (Phi) is 2.44. The first-order valence-electron chi connectivity index (χ1n) is 3.17. The van der Waals surface area contributed by atoms with Crippen molar-refractivity contribution in [1.29, 1.82) is 0 Å². The van der Waals surface area contributed by atoms with E-state index in [4.69, 9.17) is 0 Å². The van der Waals surface area contributed by atoms with Gasteiger partial charge in [0.1, 0.15) is 0 Å². The lowest BCUT2D eigenvalue weighted by molar-refractivity contribution is -0.172. The summed E-state index contributed by atoms with van der Waals surface area (Å²) in [6.07, 6.45) is -11.0. The van der Waals surface area contributed by atoms with E-state index in [1.165, 1.54) is 0 Å². The Morgan fingerprint density at radius 2 is 0.933 bits per heavy atom. The van der Waals surface area contributed by atoms with Gasteiger partial charge in [0.15, 0.2) is 0 Å². The molecule has 0 saturated carbocycles. The molecule has 86 valence electrons. The summed E-state index contributed by atoms with van der Waals surface area (Å²) in [5.74, 6) is -10.7. The number of alkyl halides is 6. The van der Waals surface area contributed by atoms with E-state index in [0.29, 0.717) is 0 Å². The van der Waals surface area contributed by atoms with E-state index < -0.39 is 35.5 Å². The van der Waals surface area contributed by atoms with Gasteiger partial charge >= 0.3 is 12.4 Å². The van der Waals surface area contributed by atoms with Crippen molar-refractivity contribution in [3.63, 3.8) is 0 Å². The Balaban J connectivity index is 3.38. The van der Waals surface area contributed by atoms with Crippen LogP contribution in [0.25, 0.3) is 0 Å². The number of furan rings is 1. The molecule has 1 heterocycles. The molecule has 1 nitrogen and oxygen atoms in total. The highest BCUT2D eigenvalue weighted by molar-refractivity contribution is 5.17. The molecule has 0 unspecified atom stereocenters. The molecule has 0 fully saturated rings. The Morgan fingerprint density at radius 3 is 1.07 bits per heavy atom. The summed E-state index contributed by atoms with van der Waals surface area (Å²) in [7, 11) is 0. The molecule has 0 bridgehead atoms. The topological polar surface area (TPSA) is 13.1 Å². The fraction of sp³-hybridized carbons (Fsp3) is 0.333. The summed E-state index contributed by atoms with van der Waals surface area (Å²) in [5.41, 5.74) is 0. The third-order valence-electron chi connectivity index (χ3n) is 1.31. The van der Waals surface area contributed by atoms with Crippen LogP contribution in [0.2, 0.25) is 0 Å². The summed E-state index contributed by atoms with van der Waals surface area (Å²) >= 11 is 0. The molecule has 1 rings (SSSR count). The van der Waals surface area contributed by atoms with Crippen LogP contribution in [0.1, 0.15) is 11.5 Å². The van der Waals surface area contributed by atoms with Crippen molar-refractivity contribution < 1.29 is 39.5 Å². The largest absolute Gasteiger partial charge is 0.452 e. The monoisotopic (exact) mass is 240 g/mol. The third kappa shape index (κ3) is 2.05. The Bertz CT molecular complexity index is 335. The molecule has 0 aliphatic carbocycles. The fourth-order valence-corrected chi connectivity index (χ4v) is 0.756. The van der Waals surface area contributed by atoms with Gasteiger partial charge in [-0.15, -0.1) is 0 Å². The SMILES string of the molecule is Fc1c(C(F)(F)F)oc(C(F)(F)F)c1F. The van der Waals surface area contributed by atoms with Crippen LogP contribution in [-0.4, -0.2) is 0 Å². The predicted octanol–water partition coefficient (Wildman–Crippen LogP) is 3.60. The summed E-state index contributed by atoms with van der Waals surface area (Å²) in [4.78, 5) is 0. The van der Waals surface area contributed by atoms with Crippen LogP contribution in [-0.2, 0) is 12.4 Å². The highest BCUT2D eigenvalue weighted by atomic mass is 19.4. The van der Waals surface area contributed by atoms with E-state index >= 15 is 0 Å². The maximum Gasteiger partial charge on any atom is 0.452 e. The minimum atomic E-state index is -5.52. The molecule has 1 aromatic heterocycles. The van der Waals surface area contributed by atoms with Crippen LogP contribution in [0, 0.1) is 11.6 Å². The van der Waals surface area contributed by atoms with Gasteiger partial charge in [-0.05, 0) is 0 Å². The minimum absolute atomic E-state index is 2.63. The Morgan fingerprint density at radius 1 is 0.667 bits per heavy atom. The highest BCUT2D eigenvalue weighted by Crippen LogP contribution is 2.40. The fourth-order valence-electron chi connectivity index (χ4n) is 0.756. The molecule has 1 aromatic rings. The molecule has 15 heavy (non-hydrogen) atoms. The lowest BCUT2D eigenvalue weighted by atomic mass is 10.3. The molecule has 0 atom stereocenters. The van der Waals surface area contributed by atoms with Gasteiger partial charge in [0, 0.05) is 0 Å². The molecule has 0 aromatic carbocycles. The summed E-state index contributed by atoms with van der Waals surface area (Å²) in [6, 6.07) is 0. The average molecular weight is 240 g/mol. The van der Waals surface area contributed by atoms with Crippen molar-refractivity contribution in [2.24, 2.45) is 0 Å². The van der Waals surface area contributed by atoms with Crippen LogP contribution in [0.15, 0.2) is 4.42 Å². The summed E-state index contributed by atoms with van der Waals surface area (Å²) in [6.45, 7) is 0. The van der Waals surface area contributed by atoms with Gasteiger partial charge < -0.3 is 4.42 Å². The first kappa shape index (κ1) is 11.8. The van der Waals surface area contributed by atoms with Crippen LogP contribution in [0.5, 0.6) is 0 Å². The maximum atomic E-state index is 12.4. The van der Waals surface area contributed by atoms with E-state index in [1.807, 2.05) is 0 Å². The molecular formula is C6F8O. The zero-order chi connectivity index (χ0) is 12.0. The number of hydrogen-bond donors (Lipinski definition) is 0. The van der Waals surface area contributed by atoms with E-state index in [2.05, 4.69) is 4.42 Å². The second-order valence-corrected chi connectivity index (χ2v) is 2.38. The van der Waals surface area contributed by atoms with E-state index in [1.54, 1.807) is 0 Å². The Hall–Kier alpha value is -1.28. The minimum Gasteiger partial charge on any atom is -0.441 e. The zero-order valence-corrected chi connectivity index (χ0v) is 6.43. The van der Waals surface area contributed by atoms with Crippen LogP contribution in [0.3, 0.4) is 0 Å². The van der Waals surface area contributed by atoms with E-state index in [9.17, 15) is 35.1 Å². The van der Waals surface area contributed by atoms with Crippen molar-refractivity contribution in [2.45, 2.75) is 12.4 Å². The van der Waals surface area contributed by atoms with Gasteiger partial charge in [0.05, 0.1) is 0 Å². The normalized spacial score (nSPS) is 13.3. The molecule has 0 N–H and O–H groups in total. The third-order valence-corrected chi connectivity index (χ3v) is 1.31. The van der Waals surface area contributed by atoms with Gasteiger partial charge in [0.2, 0.25) is 23.2 Å². The lowest BCUT2D eigenvalue weighted by Gasteiger charge is -2.02. The second-order valence-electron chi connectivity index (χ2n) is 2.38. The zero-order valence-electron chi connectivity index (χ0n) is 6.43. The summed E-state index contributed by atoms with van der Waals surface area (Å²) < 4.78 is 98.4. The molecule has 0 aliphatic rings. The van der Waals surface area contributed by atoms with Crippen LogP contribution >= 0.6 is 0 Å². The number of rotatable bonds is 0. The standard InChI is InChI=1S/C6F8O/c7-1-2(8)4(6(12,13)14)15-3(1)5(9,10)11. The number of hydrogen-bond acceptors (Lipinski definition) is 1. The highest BCUT2D eigenvalue weighted by Gasteiger charge is 2.48. The molecule has 0 aliphatic heterocycles. The van der Waals surface area contributed by atoms with E-state index in [0.717, 1.165) is 0 Å². The first-order chi connectivity index (χ1) is 6.55. The van der Waals surface area contributed by atoms with E-state index in [-0.39, 0.29) is 0 Å². The van der Waals surface area contributed by atoms with Gasteiger partial charge in [-0.2, -0.15) is 35.1 Å².